The molecule has 0 aliphatic rings. The van der Waals surface area contributed by atoms with Gasteiger partial charge in [-0.1, -0.05) is 0 Å². The van der Waals surface area contributed by atoms with Gasteiger partial charge in [-0.2, -0.15) is 0 Å². The predicted octanol–water partition coefficient (Wildman–Crippen LogP) is -21.0. The summed E-state index contributed by atoms with van der Waals surface area (Å²) in [6.45, 7) is 0. The van der Waals surface area contributed by atoms with Gasteiger partial charge in [0.25, 0.3) is 0 Å². The fraction of sp³-hybridized carbons (Fsp3) is 0. The summed E-state index contributed by atoms with van der Waals surface area (Å²) in [5, 5.41) is 0. The summed E-state index contributed by atoms with van der Waals surface area (Å²) in [6.07, 6.45) is 0. The topological polar surface area (TPSA) is 0 Å². The zero-order valence-corrected chi connectivity index (χ0v) is 20.3. The molecular formula is Br7CeCoMn. The molecular weight excluding hydrogens is 813 g/mol. The van der Waals surface area contributed by atoms with Crippen molar-refractivity contribution in [1.82, 2.24) is 0 Å². The van der Waals surface area contributed by atoms with Gasteiger partial charge in [0.05, 0.1) is 0 Å². The smallest absolute Gasteiger partial charge is 1.00 e. The number of hydrogen-bond donors (Lipinski definition) is 0. The van der Waals surface area contributed by atoms with Gasteiger partial charge in [-0.3, -0.25) is 0 Å². The Kier molecular flexibility index (Phi) is 871. The molecule has 0 aliphatic heterocycles. The summed E-state index contributed by atoms with van der Waals surface area (Å²) >= 11 is 0. The maximum absolute atomic E-state index is 0. The molecule has 0 aliphatic carbocycles. The minimum absolute atomic E-state index is 0. The Hall–Kier alpha value is 5.76. The summed E-state index contributed by atoms with van der Waals surface area (Å²) in [5.41, 5.74) is 0. The first-order valence-electron chi connectivity index (χ1n) is 0. The van der Waals surface area contributed by atoms with Gasteiger partial charge < -0.3 is 119 Å². The van der Waals surface area contributed by atoms with Gasteiger partial charge in [0, 0.05) is 0 Å². The van der Waals surface area contributed by atoms with E-state index in [1.54, 1.807) is 0 Å². The van der Waals surface area contributed by atoms with Gasteiger partial charge in [0.2, 0.25) is 0 Å². The Morgan fingerprint density at radius 1 is 0.400 bits per heavy atom. The SMILES string of the molecule is [Br-].[Br-].[Br-].[Br-].[Br-].[Br-].[Br-].[Ce+3].[Co+2].[Mn+2]. The van der Waals surface area contributed by atoms with Crippen molar-refractivity contribution in [1.29, 1.82) is 0 Å². The Morgan fingerprint density at radius 3 is 0.400 bits per heavy atom. The van der Waals surface area contributed by atoms with Crippen molar-refractivity contribution < 1.29 is 194 Å². The maximum Gasteiger partial charge on any atom is 3.00 e. The van der Waals surface area contributed by atoms with E-state index < -0.39 is 0 Å². The van der Waals surface area contributed by atoms with Gasteiger partial charge in [0.15, 0.2) is 0 Å². The summed E-state index contributed by atoms with van der Waals surface area (Å²) in [5.74, 6) is 0. The molecule has 10 heavy (non-hydrogen) atoms. The van der Waals surface area contributed by atoms with Crippen LogP contribution in [0.4, 0.5) is 0 Å². The van der Waals surface area contributed by atoms with E-state index in [1.807, 2.05) is 0 Å². The molecule has 0 aromatic rings. The van der Waals surface area contributed by atoms with Gasteiger partial charge in [-0.25, -0.2) is 0 Å². The van der Waals surface area contributed by atoms with Gasteiger partial charge in [-0.15, -0.1) is 0 Å². The average molecular weight is 813 g/mol. The van der Waals surface area contributed by atoms with E-state index in [0.717, 1.165) is 0 Å². The van der Waals surface area contributed by atoms with E-state index in [9.17, 15) is 0 Å². The number of halogens is 7. The van der Waals surface area contributed by atoms with Crippen LogP contribution in [0.15, 0.2) is 0 Å². The summed E-state index contributed by atoms with van der Waals surface area (Å²) in [4.78, 5) is 0. The van der Waals surface area contributed by atoms with E-state index in [2.05, 4.69) is 0 Å². The minimum Gasteiger partial charge on any atom is -1.00 e. The zero-order valence-electron chi connectivity index (χ0n) is 3.86. The summed E-state index contributed by atoms with van der Waals surface area (Å²) < 4.78 is 0. The molecule has 0 amide bonds. The number of hydrogen-bond acceptors (Lipinski definition) is 0. The van der Waals surface area contributed by atoms with Gasteiger partial charge >= 0.3 is 75.6 Å². The van der Waals surface area contributed by atoms with Crippen LogP contribution in [0.3, 0.4) is 0 Å². The Labute approximate surface area is 190 Å². The van der Waals surface area contributed by atoms with E-state index in [-0.39, 0.29) is 194 Å². The van der Waals surface area contributed by atoms with E-state index >= 15 is 0 Å². The third kappa shape index (κ3) is 67.5. The first-order valence-corrected chi connectivity index (χ1v) is 0. The quantitative estimate of drug-likeness (QED) is 0.214. The third-order valence-electron chi connectivity index (χ3n) is 0. The molecule has 0 saturated heterocycles. The standard InChI is InChI=1S/7BrH.Ce.Co.Mn/h7*1H;;;/q;;;;;;;+3;2*+2/p-7. The van der Waals surface area contributed by atoms with Crippen molar-refractivity contribution in [3.05, 3.63) is 0 Å². The van der Waals surface area contributed by atoms with Crippen LogP contribution in [-0.4, -0.2) is 0 Å². The molecule has 10 heteroatoms. The van der Waals surface area contributed by atoms with Crippen molar-refractivity contribution in [3.8, 4) is 0 Å². The molecule has 0 aromatic carbocycles. The van der Waals surface area contributed by atoms with Crippen LogP contribution in [0.1, 0.15) is 0 Å². The maximum atomic E-state index is 0. The van der Waals surface area contributed by atoms with Crippen LogP contribution in [0, 0.1) is 41.7 Å². The molecule has 0 N–H and O–H groups in total. The minimum atomic E-state index is 0. The fourth-order valence-electron chi connectivity index (χ4n) is 0. The largest absolute Gasteiger partial charge is 3.00 e. The second kappa shape index (κ2) is 84.2. The molecule has 0 fully saturated rings. The molecule has 69 valence electrons. The molecule has 3 radical (unpaired) electrons. The predicted molar refractivity (Wildman–Crippen MR) is 0 cm³/mol. The van der Waals surface area contributed by atoms with E-state index in [4.69, 9.17) is 0 Å². The van der Waals surface area contributed by atoms with Crippen molar-refractivity contribution in [3.63, 3.8) is 0 Å². The molecule has 0 saturated carbocycles. The average Bonchev–Trinajstić information content (AvgIpc) is 0. The molecule has 0 bridgehead atoms. The van der Waals surface area contributed by atoms with Crippen LogP contribution in [-0.2, 0) is 33.8 Å². The second-order valence-electron chi connectivity index (χ2n) is 0. The van der Waals surface area contributed by atoms with Crippen molar-refractivity contribution in [2.45, 2.75) is 0 Å². The van der Waals surface area contributed by atoms with Crippen LogP contribution < -0.4 is 119 Å². The third-order valence-corrected chi connectivity index (χ3v) is 0. The second-order valence-corrected chi connectivity index (χ2v) is 0. The first-order chi connectivity index (χ1) is 0. The zero-order chi connectivity index (χ0) is 0. The molecule has 0 spiro atoms. The van der Waals surface area contributed by atoms with Gasteiger partial charge in [-0.05, 0) is 0 Å². The van der Waals surface area contributed by atoms with Crippen molar-refractivity contribution in [2.75, 3.05) is 0 Å². The first kappa shape index (κ1) is 103. The molecule has 0 atom stereocenters. The van der Waals surface area contributed by atoms with Gasteiger partial charge in [0.1, 0.15) is 0 Å². The van der Waals surface area contributed by atoms with Crippen LogP contribution in [0.5, 0.6) is 0 Å². The van der Waals surface area contributed by atoms with E-state index in [0.29, 0.717) is 0 Å². The molecule has 0 unspecified atom stereocenters. The summed E-state index contributed by atoms with van der Waals surface area (Å²) in [7, 11) is 0. The fourth-order valence-corrected chi connectivity index (χ4v) is 0. The molecule has 0 aromatic heterocycles. The Morgan fingerprint density at radius 2 is 0.400 bits per heavy atom. The Balaban J connectivity index is 0. The van der Waals surface area contributed by atoms with Crippen molar-refractivity contribution in [2.24, 2.45) is 0 Å². The van der Waals surface area contributed by atoms with Crippen LogP contribution >= 0.6 is 0 Å². The Bertz CT molecular complexity index is 13.6. The normalized spacial score (nSPS) is 0. The molecule has 0 nitrogen and oxygen atoms in total. The van der Waals surface area contributed by atoms with Crippen LogP contribution in [0.2, 0.25) is 0 Å². The molecule has 0 heterocycles. The monoisotopic (exact) mass is 806 g/mol. The van der Waals surface area contributed by atoms with Crippen molar-refractivity contribution >= 4 is 0 Å². The molecule has 0 rings (SSSR count). The van der Waals surface area contributed by atoms with Crippen LogP contribution in [0.25, 0.3) is 0 Å². The number of rotatable bonds is 0. The van der Waals surface area contributed by atoms with E-state index in [1.165, 1.54) is 0 Å². The summed E-state index contributed by atoms with van der Waals surface area (Å²) in [6, 6.07) is 0.